The molecule has 1 saturated heterocycles. The monoisotopic (exact) mass is 299 g/mol. The van der Waals surface area contributed by atoms with Gasteiger partial charge in [-0.2, -0.15) is 0 Å². The number of ether oxygens (including phenoxy) is 1. The van der Waals surface area contributed by atoms with E-state index in [0.29, 0.717) is 6.54 Å². The largest absolute Gasteiger partial charge is 0.444 e. The number of piperazine rings is 1. The summed E-state index contributed by atoms with van der Waals surface area (Å²) in [5.74, 6) is -0.0887. The molecule has 0 aliphatic carbocycles. The molecule has 0 radical (unpaired) electrons. The average Bonchev–Trinajstić information content (AvgIpc) is 2.28. The van der Waals surface area contributed by atoms with Crippen LogP contribution in [0.2, 0.25) is 0 Å². The highest BCUT2D eigenvalue weighted by atomic mass is 16.6. The van der Waals surface area contributed by atoms with E-state index in [1.165, 1.54) is 0 Å². The normalized spacial score (nSPS) is 23.7. The smallest absolute Gasteiger partial charge is 0.408 e. The highest BCUT2D eigenvalue weighted by Crippen LogP contribution is 2.16. The number of amides is 2. The predicted molar refractivity (Wildman–Crippen MR) is 82.1 cm³/mol. The lowest BCUT2D eigenvalue weighted by atomic mass is 10.0. The molecule has 1 aliphatic rings. The SMILES string of the molecule is C[C@@H]1CN(C(=O)C(C)(C)NC(=O)OC(C)(C)C)[C@@H](C)CN1. The molecule has 0 bridgehead atoms. The molecule has 122 valence electrons. The number of nitrogens with one attached hydrogen (secondary N) is 2. The van der Waals surface area contributed by atoms with Gasteiger partial charge in [0.05, 0.1) is 0 Å². The highest BCUT2D eigenvalue weighted by molar-refractivity contribution is 5.89. The third-order valence-electron chi connectivity index (χ3n) is 3.37. The molecule has 1 rings (SSSR count). The summed E-state index contributed by atoms with van der Waals surface area (Å²) >= 11 is 0. The first-order valence-electron chi connectivity index (χ1n) is 7.48. The van der Waals surface area contributed by atoms with E-state index in [0.717, 1.165) is 6.54 Å². The van der Waals surface area contributed by atoms with Crippen LogP contribution in [0.25, 0.3) is 0 Å². The Hall–Kier alpha value is -1.30. The molecule has 1 fully saturated rings. The molecule has 6 heteroatoms. The first kappa shape index (κ1) is 17.8. The standard InChI is InChI=1S/C15H29N3O3/c1-10-9-18(11(2)8-16-10)12(19)15(6,7)17-13(20)21-14(3,4)5/h10-11,16H,8-9H2,1-7H3,(H,17,20)/t10-,11+/m1/s1. The molecule has 0 saturated carbocycles. The van der Waals surface area contributed by atoms with Crippen molar-refractivity contribution in [2.24, 2.45) is 0 Å². The zero-order valence-electron chi connectivity index (χ0n) is 14.2. The summed E-state index contributed by atoms with van der Waals surface area (Å²) in [6.07, 6.45) is -0.573. The second-order valence-corrected chi connectivity index (χ2v) is 7.37. The first-order valence-corrected chi connectivity index (χ1v) is 7.48. The zero-order valence-corrected chi connectivity index (χ0v) is 14.2. The lowest BCUT2D eigenvalue weighted by molar-refractivity contribution is -0.140. The predicted octanol–water partition coefficient (Wildman–Crippen LogP) is 1.50. The molecule has 21 heavy (non-hydrogen) atoms. The van der Waals surface area contributed by atoms with Crippen LogP contribution >= 0.6 is 0 Å². The molecular formula is C15H29N3O3. The van der Waals surface area contributed by atoms with Crippen LogP contribution < -0.4 is 10.6 Å². The second-order valence-electron chi connectivity index (χ2n) is 7.37. The zero-order chi connectivity index (χ0) is 16.4. The summed E-state index contributed by atoms with van der Waals surface area (Å²) in [4.78, 5) is 26.4. The van der Waals surface area contributed by atoms with E-state index in [9.17, 15) is 9.59 Å². The Balaban J connectivity index is 2.72. The van der Waals surface area contributed by atoms with Crippen molar-refractivity contribution in [3.8, 4) is 0 Å². The van der Waals surface area contributed by atoms with Crippen molar-refractivity contribution in [2.45, 2.75) is 71.7 Å². The van der Waals surface area contributed by atoms with Gasteiger partial charge in [0.25, 0.3) is 0 Å². The second kappa shape index (κ2) is 6.22. The van der Waals surface area contributed by atoms with Crippen LogP contribution in [0.4, 0.5) is 4.79 Å². The fourth-order valence-corrected chi connectivity index (χ4v) is 2.28. The number of hydrogen-bond acceptors (Lipinski definition) is 4. The van der Waals surface area contributed by atoms with Crippen LogP contribution in [0.3, 0.4) is 0 Å². The van der Waals surface area contributed by atoms with E-state index in [2.05, 4.69) is 10.6 Å². The van der Waals surface area contributed by atoms with Gasteiger partial charge in [-0.3, -0.25) is 4.79 Å². The molecular weight excluding hydrogens is 270 g/mol. The van der Waals surface area contributed by atoms with Gasteiger partial charge in [-0.05, 0) is 48.5 Å². The van der Waals surface area contributed by atoms with E-state index in [1.54, 1.807) is 34.6 Å². The van der Waals surface area contributed by atoms with Crippen molar-refractivity contribution in [1.82, 2.24) is 15.5 Å². The molecule has 0 spiro atoms. The average molecular weight is 299 g/mol. The Morgan fingerprint density at radius 3 is 2.29 bits per heavy atom. The molecule has 2 N–H and O–H groups in total. The summed E-state index contributed by atoms with van der Waals surface area (Å²) in [5.41, 5.74) is -1.58. The molecule has 6 nitrogen and oxygen atoms in total. The number of rotatable bonds is 2. The molecule has 1 aliphatic heterocycles. The van der Waals surface area contributed by atoms with Gasteiger partial charge in [-0.25, -0.2) is 4.79 Å². The Labute approximate surface area is 127 Å². The molecule has 2 atom stereocenters. The molecule has 2 amide bonds. The van der Waals surface area contributed by atoms with Gasteiger partial charge >= 0.3 is 6.09 Å². The summed E-state index contributed by atoms with van der Waals surface area (Å²) in [5, 5.41) is 6.01. The lowest BCUT2D eigenvalue weighted by Crippen LogP contribution is -2.63. The summed E-state index contributed by atoms with van der Waals surface area (Å²) in [7, 11) is 0. The number of carbonyl (C=O) groups excluding carboxylic acids is 2. The first-order chi connectivity index (χ1) is 9.42. The van der Waals surface area contributed by atoms with Crippen molar-refractivity contribution in [3.63, 3.8) is 0 Å². The lowest BCUT2D eigenvalue weighted by Gasteiger charge is -2.41. The van der Waals surface area contributed by atoms with Gasteiger partial charge in [-0.1, -0.05) is 0 Å². The Morgan fingerprint density at radius 1 is 1.19 bits per heavy atom. The maximum atomic E-state index is 12.7. The summed E-state index contributed by atoms with van der Waals surface area (Å²) in [6.45, 7) is 14.2. The number of nitrogens with zero attached hydrogens (tertiary/aromatic N) is 1. The Kier molecular flexibility index (Phi) is 5.25. The van der Waals surface area contributed by atoms with Gasteiger partial charge in [0, 0.05) is 25.2 Å². The fraction of sp³-hybridized carbons (Fsp3) is 0.867. The minimum absolute atomic E-state index is 0.0887. The minimum Gasteiger partial charge on any atom is -0.444 e. The van der Waals surface area contributed by atoms with Crippen molar-refractivity contribution in [1.29, 1.82) is 0 Å². The third kappa shape index (κ3) is 5.19. The van der Waals surface area contributed by atoms with Gasteiger partial charge in [-0.15, -0.1) is 0 Å². The van der Waals surface area contributed by atoms with Crippen LogP contribution in [-0.2, 0) is 9.53 Å². The third-order valence-corrected chi connectivity index (χ3v) is 3.37. The molecule has 0 aromatic rings. The quantitative estimate of drug-likeness (QED) is 0.810. The van der Waals surface area contributed by atoms with Crippen molar-refractivity contribution < 1.29 is 14.3 Å². The fourth-order valence-electron chi connectivity index (χ4n) is 2.28. The van der Waals surface area contributed by atoms with Crippen molar-refractivity contribution in [3.05, 3.63) is 0 Å². The number of alkyl carbamates (subject to hydrolysis) is 1. The van der Waals surface area contributed by atoms with E-state index in [-0.39, 0.29) is 18.0 Å². The minimum atomic E-state index is -0.992. The maximum absolute atomic E-state index is 12.7. The van der Waals surface area contributed by atoms with E-state index in [4.69, 9.17) is 4.74 Å². The van der Waals surface area contributed by atoms with Crippen molar-refractivity contribution in [2.75, 3.05) is 13.1 Å². The summed E-state index contributed by atoms with van der Waals surface area (Å²) < 4.78 is 5.23. The highest BCUT2D eigenvalue weighted by Gasteiger charge is 2.38. The maximum Gasteiger partial charge on any atom is 0.408 e. The van der Waals surface area contributed by atoms with Crippen molar-refractivity contribution >= 4 is 12.0 Å². The number of hydrogen-bond donors (Lipinski definition) is 2. The van der Waals surface area contributed by atoms with Gasteiger partial charge in [0.1, 0.15) is 11.1 Å². The van der Waals surface area contributed by atoms with Gasteiger partial charge in [0.15, 0.2) is 0 Å². The van der Waals surface area contributed by atoms with Crippen LogP contribution in [0.15, 0.2) is 0 Å². The van der Waals surface area contributed by atoms with E-state index >= 15 is 0 Å². The molecule has 0 aromatic carbocycles. The van der Waals surface area contributed by atoms with E-state index < -0.39 is 17.2 Å². The Bertz CT molecular complexity index is 401. The molecule has 1 heterocycles. The topological polar surface area (TPSA) is 70.7 Å². The van der Waals surface area contributed by atoms with Crippen LogP contribution in [0.1, 0.15) is 48.5 Å². The Morgan fingerprint density at radius 2 is 1.76 bits per heavy atom. The van der Waals surface area contributed by atoms with Crippen LogP contribution in [-0.4, -0.2) is 53.2 Å². The van der Waals surface area contributed by atoms with Gasteiger partial charge < -0.3 is 20.3 Å². The van der Waals surface area contributed by atoms with E-state index in [1.807, 2.05) is 18.7 Å². The molecule has 0 unspecified atom stereocenters. The van der Waals surface area contributed by atoms with Gasteiger partial charge in [0.2, 0.25) is 5.91 Å². The van der Waals surface area contributed by atoms with Crippen LogP contribution in [0, 0.1) is 0 Å². The molecule has 0 aromatic heterocycles. The number of carbonyl (C=O) groups is 2. The van der Waals surface area contributed by atoms with Crippen LogP contribution in [0.5, 0.6) is 0 Å². The summed E-state index contributed by atoms with van der Waals surface area (Å²) in [6, 6.07) is 0.357.